The van der Waals surface area contributed by atoms with E-state index >= 15 is 0 Å². The van der Waals surface area contributed by atoms with Crippen LogP contribution in [-0.4, -0.2) is 43.6 Å². The molecule has 5 unspecified atom stereocenters. The summed E-state index contributed by atoms with van der Waals surface area (Å²) < 4.78 is 83.7. The minimum absolute atomic E-state index is 0. The Balaban J connectivity index is -0.000000121. The Morgan fingerprint density at radius 1 is 0.690 bits per heavy atom. The quantitative estimate of drug-likeness (QED) is 0.133. The van der Waals surface area contributed by atoms with Gasteiger partial charge in [-0.2, -0.15) is 8.62 Å². The summed E-state index contributed by atoms with van der Waals surface area (Å²) in [6.45, 7) is 0. The van der Waals surface area contributed by atoms with Gasteiger partial charge in [-0.3, -0.25) is 18.2 Å². The molecule has 0 aromatic heterocycles. The number of hydrogen-bond acceptors (Lipinski definition) is 12. The Morgan fingerprint density at radius 2 is 1.07 bits per heavy atom. The molecule has 0 spiro atoms. The van der Waals surface area contributed by atoms with Crippen molar-refractivity contribution in [2.45, 2.75) is 0 Å². The largest absolute Gasteiger partial charge is 0.490 e. The second-order valence-electron chi connectivity index (χ2n) is 3.13. The SMILES string of the molecule is COP(=O)(O)OP(=O)(O)OP(=O)(O)O.COP(=O)(O)O[PH](=O)O[PH](=O)O.[Cu].[Cu].[Cu]. The topological polar surface area (TPSA) is 279 Å². The fraction of sp³-hybridized carbons (Fsp3) is 1.00. The van der Waals surface area contributed by atoms with Crippen molar-refractivity contribution in [3.05, 3.63) is 0 Å². The first-order valence-electron chi connectivity index (χ1n) is 5.07. The van der Waals surface area contributed by atoms with Crippen molar-refractivity contribution < 1.29 is 134 Å². The summed E-state index contributed by atoms with van der Waals surface area (Å²) in [5.41, 5.74) is 0. The Morgan fingerprint density at radius 3 is 1.34 bits per heavy atom. The van der Waals surface area contributed by atoms with E-state index in [9.17, 15) is 27.4 Å². The monoisotopic (exact) mass is 701 g/mol. The van der Waals surface area contributed by atoms with Crippen LogP contribution in [0.4, 0.5) is 0 Å². The third kappa shape index (κ3) is 28.4. The third-order valence-electron chi connectivity index (χ3n) is 1.24. The molecule has 0 fully saturated rings. The van der Waals surface area contributed by atoms with Crippen LogP contribution in [0.1, 0.15) is 0 Å². The molecule has 0 aromatic carbocycles. The van der Waals surface area contributed by atoms with Gasteiger partial charge in [-0.15, -0.1) is 0 Å². The predicted molar refractivity (Wildman–Crippen MR) is 80.1 cm³/mol. The van der Waals surface area contributed by atoms with Gasteiger partial charge in [-0.1, -0.05) is 0 Å². The summed E-state index contributed by atoms with van der Waals surface area (Å²) in [5, 5.41) is 0. The summed E-state index contributed by atoms with van der Waals surface area (Å²) in [4.78, 5) is 49.7. The first kappa shape index (κ1) is 41.7. The molecule has 5 atom stereocenters. The average Bonchev–Trinajstić information content (AvgIpc) is 2.33. The molecule has 0 bridgehead atoms. The van der Waals surface area contributed by atoms with Crippen molar-refractivity contribution in [1.29, 1.82) is 0 Å². The van der Waals surface area contributed by atoms with Gasteiger partial charge in [0.1, 0.15) is 0 Å². The fourth-order valence-electron chi connectivity index (χ4n) is 0.534. The first-order chi connectivity index (χ1) is 11.3. The normalized spacial score (nSPS) is 19.0. The van der Waals surface area contributed by atoms with Crippen molar-refractivity contribution in [3.8, 4) is 0 Å². The number of phosphoric ester groups is 2. The van der Waals surface area contributed by atoms with E-state index in [2.05, 4.69) is 26.3 Å². The molecule has 0 aliphatic carbocycles. The number of rotatable bonds is 10. The van der Waals surface area contributed by atoms with E-state index < -0.39 is 47.8 Å². The molecule has 3 radical (unpaired) electrons. The molecule has 0 amide bonds. The van der Waals surface area contributed by atoms with Crippen LogP contribution in [0.15, 0.2) is 0 Å². The zero-order chi connectivity index (χ0) is 21.4. The number of hydrogen-bond donors (Lipinski definition) is 6. The van der Waals surface area contributed by atoms with Crippen LogP contribution in [0.5, 0.6) is 0 Å². The van der Waals surface area contributed by atoms with Gasteiger partial charge in [0, 0.05) is 65.4 Å². The minimum atomic E-state index is -5.35. The summed E-state index contributed by atoms with van der Waals surface area (Å²) in [7, 11) is -25.3. The Bertz CT molecular complexity index is 685. The molecule has 27 heteroatoms. The van der Waals surface area contributed by atoms with E-state index in [-0.39, 0.29) is 51.2 Å². The average molecular weight is 703 g/mol. The molecule has 193 valence electrons. The maximum atomic E-state index is 10.6. The molecule has 0 aromatic rings. The number of phosphoric acid groups is 4. The van der Waals surface area contributed by atoms with Crippen molar-refractivity contribution >= 4 is 47.8 Å². The van der Waals surface area contributed by atoms with E-state index in [1.807, 2.05) is 0 Å². The smallest absolute Gasteiger partial charge is 0.326 e. The third-order valence-corrected chi connectivity index (χ3v) is 8.37. The molecule has 0 saturated heterocycles. The Labute approximate surface area is 195 Å². The maximum absolute atomic E-state index is 10.6. The summed E-state index contributed by atoms with van der Waals surface area (Å²) >= 11 is 0. The Hall–Kier alpha value is 2.46. The predicted octanol–water partition coefficient (Wildman–Crippen LogP) is 0.490. The van der Waals surface area contributed by atoms with Gasteiger partial charge in [-0.25, -0.2) is 26.9 Å². The molecule has 0 saturated carbocycles. The standard InChI is InChI=1S/CH7O10P3.CH7O8P3.3Cu/c1-9-13(5,6)11-14(7,8)10-12(2,3)4;1-7-12(5,6)9-11(4)8-10(2)3;;;/h1H3,(H,5,6)(H,7,8)(H2,2,3,4);10-11H,1H3,(H,2,3)(H,5,6);;;. The molecular weight excluding hydrogens is 688 g/mol. The van der Waals surface area contributed by atoms with E-state index in [1.54, 1.807) is 0 Å². The fourth-order valence-corrected chi connectivity index (χ4v) is 5.41. The van der Waals surface area contributed by atoms with Gasteiger partial charge >= 0.3 is 47.8 Å². The molecule has 0 heterocycles. The molecule has 18 nitrogen and oxygen atoms in total. The minimum Gasteiger partial charge on any atom is -0.326 e. The van der Waals surface area contributed by atoms with Crippen molar-refractivity contribution in [2.24, 2.45) is 0 Å². The first-order valence-corrected chi connectivity index (χ1v) is 13.6. The summed E-state index contributed by atoms with van der Waals surface area (Å²) in [6.07, 6.45) is 0. The molecule has 0 rings (SSSR count). The van der Waals surface area contributed by atoms with Crippen LogP contribution >= 0.6 is 47.8 Å². The zero-order valence-electron chi connectivity index (χ0n) is 13.3. The molecule has 0 aliphatic rings. The van der Waals surface area contributed by atoms with Gasteiger partial charge < -0.3 is 29.4 Å². The second kappa shape index (κ2) is 17.9. The van der Waals surface area contributed by atoms with Gasteiger partial charge in [0.05, 0.1) is 0 Å². The van der Waals surface area contributed by atoms with E-state index in [4.69, 9.17) is 29.4 Å². The Kier molecular flexibility index (Phi) is 25.7. The zero-order valence-corrected chi connectivity index (χ0v) is 21.7. The van der Waals surface area contributed by atoms with Gasteiger partial charge in [0.15, 0.2) is 0 Å². The second-order valence-corrected chi connectivity index (χ2v) is 11.5. The van der Waals surface area contributed by atoms with Crippen molar-refractivity contribution in [2.75, 3.05) is 14.2 Å². The van der Waals surface area contributed by atoms with E-state index in [0.717, 1.165) is 7.11 Å². The van der Waals surface area contributed by atoms with Gasteiger partial charge in [0.25, 0.3) is 0 Å². The van der Waals surface area contributed by atoms with Crippen LogP contribution in [-0.2, 0) is 105 Å². The maximum Gasteiger partial charge on any atom is 0.490 e. The van der Waals surface area contributed by atoms with Gasteiger partial charge in [-0.05, 0) is 0 Å². The molecule has 29 heavy (non-hydrogen) atoms. The van der Waals surface area contributed by atoms with Crippen LogP contribution in [0.25, 0.3) is 0 Å². The van der Waals surface area contributed by atoms with Crippen LogP contribution in [0.2, 0.25) is 0 Å². The van der Waals surface area contributed by atoms with Crippen LogP contribution in [0.3, 0.4) is 0 Å². The van der Waals surface area contributed by atoms with Crippen LogP contribution < -0.4 is 0 Å². The van der Waals surface area contributed by atoms with E-state index in [1.165, 1.54) is 0 Å². The summed E-state index contributed by atoms with van der Waals surface area (Å²) in [5.74, 6) is 0. The summed E-state index contributed by atoms with van der Waals surface area (Å²) in [6, 6.07) is 0. The molecule has 0 aliphatic heterocycles. The molecular formula is C2H14Cu3O18P6. The van der Waals surface area contributed by atoms with E-state index in [0.29, 0.717) is 7.11 Å². The van der Waals surface area contributed by atoms with Gasteiger partial charge in [0.2, 0.25) is 0 Å². The van der Waals surface area contributed by atoms with Crippen molar-refractivity contribution in [1.82, 2.24) is 0 Å². The molecule has 6 N–H and O–H groups in total. The van der Waals surface area contributed by atoms with Crippen LogP contribution in [0, 0.1) is 0 Å². The van der Waals surface area contributed by atoms with Crippen molar-refractivity contribution in [3.63, 3.8) is 0 Å².